The highest BCUT2D eigenvalue weighted by Crippen LogP contribution is 2.16. The van der Waals surface area contributed by atoms with Crippen LogP contribution in [0.15, 0.2) is 0 Å². The second-order valence-electron chi connectivity index (χ2n) is 7.28. The summed E-state index contributed by atoms with van der Waals surface area (Å²) < 4.78 is 5.06. The molecule has 0 aromatic carbocycles. The Bertz CT molecular complexity index is 226. The van der Waals surface area contributed by atoms with Gasteiger partial charge in [0.25, 0.3) is 0 Å². The molecule has 2 heterocycles. The molecule has 2 heteroatoms. The van der Waals surface area contributed by atoms with Gasteiger partial charge >= 0.3 is 0 Å². The van der Waals surface area contributed by atoms with Crippen LogP contribution in [0.25, 0.3) is 0 Å². The van der Waals surface area contributed by atoms with E-state index in [0.717, 1.165) is 25.0 Å². The Hall–Kier alpha value is -0.0800. The van der Waals surface area contributed by atoms with Crippen LogP contribution in [0.3, 0.4) is 0 Å². The first kappa shape index (κ1) is 19.0. The lowest BCUT2D eigenvalue weighted by molar-refractivity contribution is 0.188. The predicted molar refractivity (Wildman–Crippen MR) is 92.8 cm³/mol. The molecule has 0 aromatic heterocycles. The lowest BCUT2D eigenvalue weighted by Gasteiger charge is -2.14. The summed E-state index contributed by atoms with van der Waals surface area (Å²) in [7, 11) is 0. The van der Waals surface area contributed by atoms with Gasteiger partial charge in [-0.05, 0) is 44.2 Å². The van der Waals surface area contributed by atoms with Crippen LogP contribution in [0.2, 0.25) is 0 Å². The Labute approximate surface area is 133 Å². The number of hydrogen-bond acceptors (Lipinski definition) is 2. The summed E-state index contributed by atoms with van der Waals surface area (Å²) in [5, 5.41) is 0. The van der Waals surface area contributed by atoms with E-state index in [9.17, 15) is 0 Å². The summed E-state index contributed by atoms with van der Waals surface area (Å²) in [6.45, 7) is 12.9. The Balaban J connectivity index is 0.000000304. The zero-order valence-electron chi connectivity index (χ0n) is 14.9. The minimum Gasteiger partial charge on any atom is -0.381 e. The first-order valence-electron chi connectivity index (χ1n) is 9.52. The molecular weight excluding hydrogens is 258 g/mol. The van der Waals surface area contributed by atoms with Crippen LogP contribution in [0, 0.1) is 11.8 Å². The van der Waals surface area contributed by atoms with Gasteiger partial charge in [-0.2, -0.15) is 0 Å². The zero-order valence-corrected chi connectivity index (χ0v) is 14.9. The van der Waals surface area contributed by atoms with Crippen LogP contribution in [0.4, 0.5) is 0 Å². The van der Waals surface area contributed by atoms with Crippen LogP contribution in [0.5, 0.6) is 0 Å². The molecule has 0 amide bonds. The van der Waals surface area contributed by atoms with E-state index in [1.165, 1.54) is 77.4 Å². The molecular formula is C19H39NO. The van der Waals surface area contributed by atoms with Crippen molar-refractivity contribution in [2.75, 3.05) is 32.8 Å². The number of likely N-dealkylation sites (tertiary alicyclic amines) is 1. The molecule has 2 aliphatic heterocycles. The lowest BCUT2D eigenvalue weighted by Crippen LogP contribution is -2.21. The van der Waals surface area contributed by atoms with E-state index < -0.39 is 0 Å². The van der Waals surface area contributed by atoms with E-state index in [1.807, 2.05) is 0 Å². The Morgan fingerprint density at radius 3 is 2.10 bits per heavy atom. The van der Waals surface area contributed by atoms with E-state index in [4.69, 9.17) is 4.74 Å². The fourth-order valence-corrected chi connectivity index (χ4v) is 3.17. The van der Waals surface area contributed by atoms with Crippen molar-refractivity contribution in [1.82, 2.24) is 4.90 Å². The summed E-state index contributed by atoms with van der Waals surface area (Å²) in [6.07, 6.45) is 12.8. The Morgan fingerprint density at radius 2 is 1.62 bits per heavy atom. The highest BCUT2D eigenvalue weighted by Gasteiger charge is 2.17. The first-order valence-corrected chi connectivity index (χ1v) is 9.52. The lowest BCUT2D eigenvalue weighted by atomic mass is 10.1. The molecule has 2 nitrogen and oxygen atoms in total. The largest absolute Gasteiger partial charge is 0.381 e. The number of hydrogen-bond donors (Lipinski definition) is 0. The molecule has 0 radical (unpaired) electrons. The number of unbranched alkanes of at least 4 members (excludes halogenated alkanes) is 6. The summed E-state index contributed by atoms with van der Waals surface area (Å²) >= 11 is 0. The molecule has 2 fully saturated rings. The standard InChI is InChI=1S/C14H29N.C5H10O/c1-3-4-5-6-7-8-9-11-15-12-10-14(2)13-15;1-5-2-3-6-4-5/h14H,3-13H2,1-2H3;5H,2-4H2,1H3. The molecule has 0 bridgehead atoms. The van der Waals surface area contributed by atoms with E-state index in [2.05, 4.69) is 25.7 Å². The second-order valence-corrected chi connectivity index (χ2v) is 7.28. The van der Waals surface area contributed by atoms with Crippen LogP contribution >= 0.6 is 0 Å². The zero-order chi connectivity index (χ0) is 15.3. The van der Waals surface area contributed by atoms with E-state index >= 15 is 0 Å². The van der Waals surface area contributed by atoms with Crippen molar-refractivity contribution < 1.29 is 4.74 Å². The smallest absolute Gasteiger partial charge is 0.0492 e. The summed E-state index contributed by atoms with van der Waals surface area (Å²) in [5.74, 6) is 1.78. The maximum absolute atomic E-state index is 5.06. The highest BCUT2D eigenvalue weighted by molar-refractivity contribution is 4.71. The fourth-order valence-electron chi connectivity index (χ4n) is 3.17. The van der Waals surface area contributed by atoms with Crippen molar-refractivity contribution in [2.24, 2.45) is 11.8 Å². The van der Waals surface area contributed by atoms with Gasteiger partial charge in [0.2, 0.25) is 0 Å². The van der Waals surface area contributed by atoms with Crippen molar-refractivity contribution in [2.45, 2.75) is 78.6 Å². The van der Waals surface area contributed by atoms with Gasteiger partial charge in [0.1, 0.15) is 0 Å². The Morgan fingerprint density at radius 1 is 0.905 bits per heavy atom. The molecule has 2 unspecified atom stereocenters. The summed E-state index contributed by atoms with van der Waals surface area (Å²) in [4.78, 5) is 2.65. The quantitative estimate of drug-likeness (QED) is 0.576. The summed E-state index contributed by atoms with van der Waals surface area (Å²) in [5.41, 5.74) is 0. The molecule has 21 heavy (non-hydrogen) atoms. The topological polar surface area (TPSA) is 12.5 Å². The third kappa shape index (κ3) is 10.3. The summed E-state index contributed by atoms with van der Waals surface area (Å²) in [6, 6.07) is 0. The van der Waals surface area contributed by atoms with E-state index in [-0.39, 0.29) is 0 Å². The molecule has 0 aromatic rings. The average Bonchev–Trinajstić information content (AvgIpc) is 3.10. The number of nitrogens with zero attached hydrogens (tertiary/aromatic N) is 1. The third-order valence-corrected chi connectivity index (χ3v) is 4.74. The molecule has 2 atom stereocenters. The van der Waals surface area contributed by atoms with Gasteiger partial charge in [-0.25, -0.2) is 0 Å². The normalized spacial score (nSPS) is 25.9. The molecule has 2 aliphatic rings. The molecule has 126 valence electrons. The monoisotopic (exact) mass is 297 g/mol. The molecule has 0 N–H and O–H groups in total. The van der Waals surface area contributed by atoms with Crippen LogP contribution in [0.1, 0.15) is 78.6 Å². The van der Waals surface area contributed by atoms with E-state index in [0.29, 0.717) is 0 Å². The van der Waals surface area contributed by atoms with Crippen molar-refractivity contribution in [3.63, 3.8) is 0 Å². The number of rotatable bonds is 8. The van der Waals surface area contributed by atoms with Crippen molar-refractivity contribution in [1.29, 1.82) is 0 Å². The van der Waals surface area contributed by atoms with Gasteiger partial charge in [-0.1, -0.05) is 59.3 Å². The Kier molecular flexibility index (Phi) is 11.3. The highest BCUT2D eigenvalue weighted by atomic mass is 16.5. The molecule has 0 aliphatic carbocycles. The average molecular weight is 298 g/mol. The predicted octanol–water partition coefficient (Wildman–Crippen LogP) is 5.12. The van der Waals surface area contributed by atoms with Gasteiger partial charge < -0.3 is 9.64 Å². The van der Waals surface area contributed by atoms with Crippen LogP contribution in [-0.2, 0) is 4.74 Å². The van der Waals surface area contributed by atoms with E-state index in [1.54, 1.807) is 0 Å². The minimum atomic E-state index is 0.824. The van der Waals surface area contributed by atoms with Crippen molar-refractivity contribution >= 4 is 0 Å². The first-order chi connectivity index (χ1) is 10.2. The van der Waals surface area contributed by atoms with Gasteiger partial charge in [0.05, 0.1) is 0 Å². The molecule has 0 spiro atoms. The second kappa shape index (κ2) is 12.5. The van der Waals surface area contributed by atoms with Crippen molar-refractivity contribution in [3.8, 4) is 0 Å². The van der Waals surface area contributed by atoms with Gasteiger partial charge in [-0.3, -0.25) is 0 Å². The van der Waals surface area contributed by atoms with Gasteiger partial charge in [0, 0.05) is 19.8 Å². The maximum atomic E-state index is 5.06. The SMILES string of the molecule is CC1CCOC1.CCCCCCCCCN1CCC(C)C1. The third-order valence-electron chi connectivity index (χ3n) is 4.74. The number of ether oxygens (including phenoxy) is 1. The van der Waals surface area contributed by atoms with Gasteiger partial charge in [0.15, 0.2) is 0 Å². The van der Waals surface area contributed by atoms with Gasteiger partial charge in [-0.15, -0.1) is 0 Å². The fraction of sp³-hybridized carbons (Fsp3) is 1.00. The molecule has 0 saturated carbocycles. The molecule has 2 rings (SSSR count). The van der Waals surface area contributed by atoms with Crippen LogP contribution < -0.4 is 0 Å². The van der Waals surface area contributed by atoms with Crippen molar-refractivity contribution in [3.05, 3.63) is 0 Å². The maximum Gasteiger partial charge on any atom is 0.0492 e. The minimum absolute atomic E-state index is 0.824. The van der Waals surface area contributed by atoms with Crippen LogP contribution in [-0.4, -0.2) is 37.7 Å². The molecule has 2 saturated heterocycles.